The quantitative estimate of drug-likeness (QED) is 0.336. The van der Waals surface area contributed by atoms with Gasteiger partial charge in [0.25, 0.3) is 0 Å². The number of carbonyl (C=O) groups excluding carboxylic acids is 2. The maximum atomic E-state index is 12.4. The van der Waals surface area contributed by atoms with E-state index in [1.165, 1.54) is 0 Å². The molecule has 5 N–H and O–H groups in total. The second-order valence-corrected chi connectivity index (χ2v) is 10.3. The van der Waals surface area contributed by atoms with Crippen molar-refractivity contribution in [1.29, 1.82) is 5.26 Å². The van der Waals surface area contributed by atoms with Crippen LogP contribution in [0.2, 0.25) is 0 Å². The average molecular weight is 522 g/mol. The maximum Gasteiger partial charge on any atom is 0.239 e. The molecule has 1 aromatic carbocycles. The van der Waals surface area contributed by atoms with Crippen LogP contribution < -0.4 is 21.7 Å². The molecular weight excluding hydrogens is 490 g/mol. The number of benzene rings is 1. The third-order valence-corrected chi connectivity index (χ3v) is 7.16. The number of anilines is 1. The van der Waals surface area contributed by atoms with Crippen molar-refractivity contribution in [3.8, 4) is 6.07 Å². The van der Waals surface area contributed by atoms with Gasteiger partial charge in [0, 0.05) is 19.6 Å². The molecule has 2 amide bonds. The van der Waals surface area contributed by atoms with Gasteiger partial charge < -0.3 is 26.4 Å². The SMILES string of the molecule is [C-]#[N+]c1c(N2CCO[C@H](CNC(=O)C(C)(C)N)C2)nc(SC(C(N)=O)c2ccccc2)c(C#N)c1CC. The number of nitrogens with one attached hydrogen (secondary N) is 1. The lowest BCUT2D eigenvalue weighted by molar-refractivity contribution is -0.126. The average Bonchev–Trinajstić information content (AvgIpc) is 2.89. The van der Waals surface area contributed by atoms with E-state index in [0.717, 1.165) is 11.8 Å². The first-order valence-electron chi connectivity index (χ1n) is 11.9. The highest BCUT2D eigenvalue weighted by Gasteiger charge is 2.30. The first-order chi connectivity index (χ1) is 17.6. The van der Waals surface area contributed by atoms with Crippen LogP contribution in [0.4, 0.5) is 11.5 Å². The van der Waals surface area contributed by atoms with Gasteiger partial charge in [-0.3, -0.25) is 9.59 Å². The minimum Gasteiger partial charge on any atom is -0.373 e. The Kier molecular flexibility index (Phi) is 9.11. The molecule has 11 heteroatoms. The molecule has 0 radical (unpaired) electrons. The van der Waals surface area contributed by atoms with Gasteiger partial charge in [0.15, 0.2) is 0 Å². The van der Waals surface area contributed by atoms with Crippen LogP contribution in [0.15, 0.2) is 35.4 Å². The summed E-state index contributed by atoms with van der Waals surface area (Å²) in [5, 5.41) is 12.4. The first-order valence-corrected chi connectivity index (χ1v) is 12.8. The third kappa shape index (κ3) is 6.57. The molecule has 10 nitrogen and oxygen atoms in total. The van der Waals surface area contributed by atoms with E-state index >= 15 is 0 Å². The highest BCUT2D eigenvalue weighted by Crippen LogP contribution is 2.42. The van der Waals surface area contributed by atoms with Crippen molar-refractivity contribution in [2.24, 2.45) is 11.5 Å². The molecule has 37 heavy (non-hydrogen) atoms. The Labute approximate surface area is 221 Å². The van der Waals surface area contributed by atoms with Crippen molar-refractivity contribution < 1.29 is 14.3 Å². The lowest BCUT2D eigenvalue weighted by Crippen LogP contribution is -2.53. The second-order valence-electron chi connectivity index (χ2n) is 9.20. The summed E-state index contributed by atoms with van der Waals surface area (Å²) in [6.07, 6.45) is 0.0889. The molecule has 3 rings (SSSR count). The summed E-state index contributed by atoms with van der Waals surface area (Å²) >= 11 is 1.11. The number of carbonyl (C=O) groups is 2. The zero-order chi connectivity index (χ0) is 27.2. The molecule has 1 fully saturated rings. The highest BCUT2D eigenvalue weighted by atomic mass is 32.2. The van der Waals surface area contributed by atoms with Crippen molar-refractivity contribution in [3.63, 3.8) is 0 Å². The van der Waals surface area contributed by atoms with Crippen LogP contribution in [-0.4, -0.2) is 54.7 Å². The number of aromatic nitrogens is 1. The molecule has 0 aliphatic carbocycles. The standard InChI is InChI=1S/C26H31N7O3S/c1-5-18-19(13-27)24(37-21(22(28)34)16-9-7-6-8-10-16)32-23(20(18)30-4)33-11-12-36-17(15-33)14-31-25(35)26(2,3)29/h6-10,17,21H,5,11-12,14-15,29H2,1-3H3,(H2,28,34)(H,31,35)/t17-,21?/m1/s1. The van der Waals surface area contributed by atoms with E-state index < -0.39 is 16.7 Å². The molecule has 0 bridgehead atoms. The van der Waals surface area contributed by atoms with Crippen LogP contribution >= 0.6 is 11.8 Å². The second kappa shape index (κ2) is 12.1. The number of thioether (sulfide) groups is 1. The summed E-state index contributed by atoms with van der Waals surface area (Å²) in [6.45, 7) is 14.4. The zero-order valence-corrected chi connectivity index (χ0v) is 22.0. The van der Waals surface area contributed by atoms with E-state index in [4.69, 9.17) is 27.8 Å². The van der Waals surface area contributed by atoms with Crippen molar-refractivity contribution in [2.45, 2.75) is 49.1 Å². The van der Waals surface area contributed by atoms with Crippen molar-refractivity contribution in [1.82, 2.24) is 10.3 Å². The van der Waals surface area contributed by atoms with E-state index in [2.05, 4.69) is 16.2 Å². The molecule has 0 saturated carbocycles. The van der Waals surface area contributed by atoms with Gasteiger partial charge in [-0.05, 0) is 31.4 Å². The fourth-order valence-corrected chi connectivity index (χ4v) is 5.03. The number of rotatable bonds is 9. The monoisotopic (exact) mass is 521 g/mol. The number of pyridine rings is 1. The van der Waals surface area contributed by atoms with Crippen LogP contribution in [0, 0.1) is 17.9 Å². The number of hydrogen-bond donors (Lipinski definition) is 3. The number of primary amides is 1. The molecule has 1 unspecified atom stereocenters. The predicted molar refractivity (Wildman–Crippen MR) is 142 cm³/mol. The van der Waals surface area contributed by atoms with E-state index in [1.54, 1.807) is 26.0 Å². The molecule has 1 saturated heterocycles. The largest absolute Gasteiger partial charge is 0.373 e. The Balaban J connectivity index is 1.98. The Morgan fingerprint density at radius 3 is 2.68 bits per heavy atom. The molecular formula is C26H31N7O3S. The van der Waals surface area contributed by atoms with Gasteiger partial charge in [-0.15, -0.1) is 0 Å². The molecule has 1 aliphatic heterocycles. The van der Waals surface area contributed by atoms with Crippen molar-refractivity contribution in [3.05, 3.63) is 58.4 Å². The predicted octanol–water partition coefficient (Wildman–Crippen LogP) is 2.44. The molecule has 2 atom stereocenters. The van der Waals surface area contributed by atoms with Crippen LogP contribution in [-0.2, 0) is 20.7 Å². The number of ether oxygens (including phenoxy) is 1. The fourth-order valence-electron chi connectivity index (χ4n) is 3.97. The summed E-state index contributed by atoms with van der Waals surface area (Å²) in [6, 6.07) is 11.3. The lowest BCUT2D eigenvalue weighted by atomic mass is 10.1. The minimum absolute atomic E-state index is 0.250. The summed E-state index contributed by atoms with van der Waals surface area (Å²) in [7, 11) is 0. The van der Waals surface area contributed by atoms with E-state index in [1.807, 2.05) is 30.0 Å². The zero-order valence-electron chi connectivity index (χ0n) is 21.2. The fraction of sp³-hybridized carbons (Fsp3) is 0.423. The topological polar surface area (TPSA) is 152 Å². The first kappa shape index (κ1) is 27.9. The van der Waals surface area contributed by atoms with Gasteiger partial charge in [0.1, 0.15) is 22.2 Å². The van der Waals surface area contributed by atoms with E-state index in [0.29, 0.717) is 53.8 Å². The summed E-state index contributed by atoms with van der Waals surface area (Å²) in [4.78, 5) is 35.0. The maximum absolute atomic E-state index is 12.4. The molecule has 0 spiro atoms. The number of nitrogens with zero attached hydrogens (tertiary/aromatic N) is 4. The highest BCUT2D eigenvalue weighted by molar-refractivity contribution is 8.00. The number of morpholine rings is 1. The Hall–Kier alpha value is -3.64. The third-order valence-electron chi connectivity index (χ3n) is 5.90. The van der Waals surface area contributed by atoms with E-state index in [9.17, 15) is 14.9 Å². The van der Waals surface area contributed by atoms with Crippen LogP contribution in [0.5, 0.6) is 0 Å². The van der Waals surface area contributed by atoms with Gasteiger partial charge in [-0.2, -0.15) is 5.26 Å². The summed E-state index contributed by atoms with van der Waals surface area (Å²) in [5.74, 6) is -0.430. The van der Waals surface area contributed by atoms with Crippen molar-refractivity contribution >= 4 is 35.1 Å². The smallest absolute Gasteiger partial charge is 0.239 e. The van der Waals surface area contributed by atoms with Gasteiger partial charge in [-0.1, -0.05) is 49.0 Å². The van der Waals surface area contributed by atoms with Gasteiger partial charge >= 0.3 is 0 Å². The number of nitriles is 1. The number of nitrogens with two attached hydrogens (primary N) is 2. The summed E-state index contributed by atoms with van der Waals surface area (Å²) in [5.41, 5.74) is 12.4. The molecule has 2 heterocycles. The minimum atomic E-state index is -1.02. The molecule has 1 aromatic heterocycles. The van der Waals surface area contributed by atoms with Crippen LogP contribution in [0.25, 0.3) is 4.85 Å². The number of hydrogen-bond acceptors (Lipinski definition) is 8. The molecule has 1 aliphatic rings. The number of amides is 2. The Bertz CT molecular complexity index is 1230. The lowest BCUT2D eigenvalue weighted by Gasteiger charge is -2.35. The Morgan fingerprint density at radius 1 is 1.41 bits per heavy atom. The van der Waals surface area contributed by atoms with Crippen LogP contribution in [0.3, 0.4) is 0 Å². The molecule has 2 aromatic rings. The Morgan fingerprint density at radius 2 is 2.11 bits per heavy atom. The van der Waals surface area contributed by atoms with Gasteiger partial charge in [-0.25, -0.2) is 9.83 Å². The van der Waals surface area contributed by atoms with E-state index in [-0.39, 0.29) is 24.1 Å². The van der Waals surface area contributed by atoms with Crippen LogP contribution in [0.1, 0.15) is 42.7 Å². The summed E-state index contributed by atoms with van der Waals surface area (Å²) < 4.78 is 5.83. The van der Waals surface area contributed by atoms with Gasteiger partial charge in [0.2, 0.25) is 17.5 Å². The molecule has 194 valence electrons. The van der Waals surface area contributed by atoms with Gasteiger partial charge in [0.05, 0.1) is 30.4 Å². The normalized spacial score (nSPS) is 16.4. The van der Waals surface area contributed by atoms with Crippen molar-refractivity contribution in [2.75, 3.05) is 31.1 Å².